The highest BCUT2D eigenvalue weighted by molar-refractivity contribution is 6.05. The number of anilines is 3. The maximum atomic E-state index is 13.1. The minimum Gasteiger partial charge on any atom is -0.336 e. The quantitative estimate of drug-likeness (QED) is 0.239. The Bertz CT molecular complexity index is 1620. The van der Waals surface area contributed by atoms with Crippen LogP contribution in [0.1, 0.15) is 73.5 Å². The van der Waals surface area contributed by atoms with Crippen molar-refractivity contribution in [2.45, 2.75) is 65.3 Å². The van der Waals surface area contributed by atoms with Crippen LogP contribution < -0.4 is 16.2 Å². The van der Waals surface area contributed by atoms with Crippen molar-refractivity contribution < 1.29 is 4.79 Å². The lowest BCUT2D eigenvalue weighted by Gasteiger charge is -2.20. The lowest BCUT2D eigenvalue weighted by Crippen LogP contribution is -2.24. The lowest BCUT2D eigenvalue weighted by molar-refractivity contribution is 0.102. The first kappa shape index (κ1) is 30.2. The molecule has 1 amide bonds. The zero-order valence-electron chi connectivity index (χ0n) is 26.0. The number of carbonyl (C=O) groups is 1. The molecule has 5 rings (SSSR count). The number of aromatic nitrogens is 2. The van der Waals surface area contributed by atoms with Crippen LogP contribution in [0.5, 0.6) is 0 Å². The van der Waals surface area contributed by atoms with Crippen LogP contribution in [0.4, 0.5) is 17.2 Å². The van der Waals surface area contributed by atoms with Gasteiger partial charge < -0.3 is 15.2 Å². The van der Waals surface area contributed by atoms with E-state index in [1.807, 2.05) is 61.5 Å². The summed E-state index contributed by atoms with van der Waals surface area (Å²) in [7, 11) is 1.73. The van der Waals surface area contributed by atoms with Crippen molar-refractivity contribution in [2.24, 2.45) is 7.05 Å². The van der Waals surface area contributed by atoms with E-state index in [1.165, 1.54) is 36.8 Å². The molecule has 1 fully saturated rings. The van der Waals surface area contributed by atoms with Crippen LogP contribution in [-0.2, 0) is 19.0 Å². The van der Waals surface area contributed by atoms with E-state index >= 15 is 0 Å². The number of nitrogens with zero attached hydrogens (tertiary/aromatic N) is 3. The largest absolute Gasteiger partial charge is 0.336 e. The summed E-state index contributed by atoms with van der Waals surface area (Å²) in [4.78, 5) is 33.4. The van der Waals surface area contributed by atoms with E-state index in [2.05, 4.69) is 48.4 Å². The standard InChI is InChI=1S/C36H43N5O2/c1-25-30(11-10-12-31(25)39-34(42)27-15-17-28(18-16-27)36(2,3)4)32-24-40(5)35(43)33(38-32)37-29-19-13-26(14-20-29)23-41-21-8-6-7-9-22-41/h10-20,24H,6-9,21-23H2,1-5H3,(H,37,38)(H,39,42). The number of nitrogens with one attached hydrogen (secondary N) is 2. The minimum absolute atomic E-state index is 0.0201. The molecule has 7 nitrogen and oxygen atoms in total. The second-order valence-corrected chi connectivity index (χ2v) is 12.7. The fourth-order valence-corrected chi connectivity index (χ4v) is 5.56. The molecule has 1 aliphatic heterocycles. The van der Waals surface area contributed by atoms with Gasteiger partial charge in [-0.05, 0) is 85.3 Å². The van der Waals surface area contributed by atoms with E-state index in [1.54, 1.807) is 17.8 Å². The fraction of sp³-hybridized carbons (Fsp3) is 0.361. The first-order valence-electron chi connectivity index (χ1n) is 15.3. The Balaban J connectivity index is 1.33. The van der Waals surface area contributed by atoms with Crippen molar-refractivity contribution in [1.29, 1.82) is 0 Å². The Kier molecular flexibility index (Phi) is 9.11. The van der Waals surface area contributed by atoms with Gasteiger partial charge in [0.1, 0.15) is 0 Å². The Hall–Kier alpha value is -4.23. The summed E-state index contributed by atoms with van der Waals surface area (Å²) in [5.74, 6) is 0.0869. The number of carbonyl (C=O) groups excluding carboxylic acids is 1. The van der Waals surface area contributed by atoms with Gasteiger partial charge >= 0.3 is 0 Å². The molecule has 7 heteroatoms. The highest BCUT2D eigenvalue weighted by Crippen LogP contribution is 2.29. The van der Waals surface area contributed by atoms with Gasteiger partial charge in [-0.15, -0.1) is 0 Å². The molecule has 1 aliphatic rings. The monoisotopic (exact) mass is 577 g/mol. The van der Waals surface area contributed by atoms with E-state index in [-0.39, 0.29) is 22.7 Å². The third-order valence-electron chi connectivity index (χ3n) is 8.26. The number of amides is 1. The number of rotatable bonds is 7. The molecule has 43 heavy (non-hydrogen) atoms. The first-order chi connectivity index (χ1) is 20.6. The van der Waals surface area contributed by atoms with E-state index < -0.39 is 0 Å². The first-order valence-corrected chi connectivity index (χ1v) is 15.3. The Morgan fingerprint density at radius 3 is 2.23 bits per heavy atom. The van der Waals surface area contributed by atoms with E-state index in [0.717, 1.165) is 36.4 Å². The predicted molar refractivity (Wildman–Crippen MR) is 176 cm³/mol. The average Bonchev–Trinajstić information content (AvgIpc) is 3.26. The summed E-state index contributed by atoms with van der Waals surface area (Å²) in [6.45, 7) is 11.7. The van der Waals surface area contributed by atoms with Gasteiger partial charge in [0, 0.05) is 42.3 Å². The van der Waals surface area contributed by atoms with Crippen LogP contribution in [0.15, 0.2) is 77.7 Å². The minimum atomic E-state index is -0.210. The summed E-state index contributed by atoms with van der Waals surface area (Å²) in [6, 6.07) is 21.7. The predicted octanol–water partition coefficient (Wildman–Crippen LogP) is 7.43. The van der Waals surface area contributed by atoms with Crippen LogP contribution in [-0.4, -0.2) is 33.4 Å². The van der Waals surface area contributed by atoms with Crippen LogP contribution in [0, 0.1) is 6.92 Å². The molecule has 2 heterocycles. The molecule has 1 aromatic heterocycles. The van der Waals surface area contributed by atoms with Gasteiger partial charge in [0.25, 0.3) is 11.5 Å². The summed E-state index contributed by atoms with van der Waals surface area (Å²) >= 11 is 0. The fourth-order valence-electron chi connectivity index (χ4n) is 5.56. The molecule has 2 N–H and O–H groups in total. The normalized spacial score (nSPS) is 14.3. The maximum absolute atomic E-state index is 13.1. The van der Waals surface area contributed by atoms with Gasteiger partial charge in [0.15, 0.2) is 5.82 Å². The average molecular weight is 578 g/mol. The molecular formula is C36H43N5O2. The molecule has 0 atom stereocenters. The molecule has 0 unspecified atom stereocenters. The Morgan fingerprint density at radius 2 is 1.58 bits per heavy atom. The SMILES string of the molecule is Cc1c(NC(=O)c2ccc(C(C)(C)C)cc2)cccc1-c1cn(C)c(=O)c(Nc2ccc(CN3CCCCCC3)cc2)n1. The number of benzene rings is 3. The highest BCUT2D eigenvalue weighted by atomic mass is 16.1. The summed E-state index contributed by atoms with van der Waals surface area (Å²) in [6.07, 6.45) is 6.92. The molecule has 0 saturated carbocycles. The molecule has 224 valence electrons. The molecule has 0 aliphatic carbocycles. The van der Waals surface area contributed by atoms with Crippen molar-refractivity contribution in [2.75, 3.05) is 23.7 Å². The van der Waals surface area contributed by atoms with Gasteiger partial charge in [0.2, 0.25) is 0 Å². The van der Waals surface area contributed by atoms with Gasteiger partial charge in [-0.1, -0.05) is 70.0 Å². The second-order valence-electron chi connectivity index (χ2n) is 12.7. The molecular weight excluding hydrogens is 534 g/mol. The van der Waals surface area contributed by atoms with Gasteiger partial charge in [-0.2, -0.15) is 0 Å². The third kappa shape index (κ3) is 7.41. The maximum Gasteiger partial charge on any atom is 0.293 e. The summed E-state index contributed by atoms with van der Waals surface area (Å²) in [5.41, 5.74) is 6.73. The smallest absolute Gasteiger partial charge is 0.293 e. The number of hydrogen-bond acceptors (Lipinski definition) is 5. The number of likely N-dealkylation sites (tertiary alicyclic amines) is 1. The summed E-state index contributed by atoms with van der Waals surface area (Å²) in [5, 5.41) is 6.30. The van der Waals surface area contributed by atoms with Gasteiger partial charge in [-0.25, -0.2) is 4.98 Å². The van der Waals surface area contributed by atoms with Crippen molar-refractivity contribution in [3.63, 3.8) is 0 Å². The number of hydrogen-bond donors (Lipinski definition) is 2. The molecule has 3 aromatic carbocycles. The topological polar surface area (TPSA) is 79.3 Å². The van der Waals surface area contributed by atoms with Crippen LogP contribution >= 0.6 is 0 Å². The molecule has 1 saturated heterocycles. The van der Waals surface area contributed by atoms with Crippen LogP contribution in [0.25, 0.3) is 11.3 Å². The third-order valence-corrected chi connectivity index (χ3v) is 8.26. The van der Waals surface area contributed by atoms with Crippen molar-refractivity contribution in [3.8, 4) is 11.3 Å². The second kappa shape index (κ2) is 13.0. The summed E-state index contributed by atoms with van der Waals surface area (Å²) < 4.78 is 1.54. The highest BCUT2D eigenvalue weighted by Gasteiger charge is 2.17. The van der Waals surface area contributed by atoms with Crippen LogP contribution in [0.2, 0.25) is 0 Å². The Morgan fingerprint density at radius 1 is 0.907 bits per heavy atom. The molecule has 0 radical (unpaired) electrons. The molecule has 0 bridgehead atoms. The number of aryl methyl sites for hydroxylation is 1. The molecule has 0 spiro atoms. The molecule has 4 aromatic rings. The van der Waals surface area contributed by atoms with E-state index in [4.69, 9.17) is 4.98 Å². The van der Waals surface area contributed by atoms with Crippen molar-refractivity contribution >= 4 is 23.1 Å². The van der Waals surface area contributed by atoms with Gasteiger partial charge in [0.05, 0.1) is 5.69 Å². The zero-order valence-corrected chi connectivity index (χ0v) is 26.0. The van der Waals surface area contributed by atoms with Gasteiger partial charge in [-0.3, -0.25) is 14.5 Å². The van der Waals surface area contributed by atoms with E-state index in [9.17, 15) is 9.59 Å². The Labute approximate surface area is 255 Å². The van der Waals surface area contributed by atoms with E-state index in [0.29, 0.717) is 16.9 Å². The van der Waals surface area contributed by atoms with Crippen molar-refractivity contribution in [3.05, 3.63) is 106 Å². The zero-order chi connectivity index (χ0) is 30.6. The van der Waals surface area contributed by atoms with Crippen LogP contribution in [0.3, 0.4) is 0 Å². The lowest BCUT2D eigenvalue weighted by atomic mass is 9.86. The van der Waals surface area contributed by atoms with Crippen molar-refractivity contribution in [1.82, 2.24) is 14.5 Å².